The number of aromatic nitrogens is 1. The molecule has 3 nitrogen and oxygen atoms in total. The summed E-state index contributed by atoms with van der Waals surface area (Å²) in [4.78, 5) is 11.4. The van der Waals surface area contributed by atoms with Crippen LogP contribution in [0, 0.1) is 5.82 Å². The molecule has 16 heavy (non-hydrogen) atoms. The van der Waals surface area contributed by atoms with Gasteiger partial charge in [-0.1, -0.05) is 6.07 Å². The van der Waals surface area contributed by atoms with Crippen molar-refractivity contribution in [3.05, 3.63) is 52.7 Å². The van der Waals surface area contributed by atoms with Crippen LogP contribution in [0.1, 0.15) is 0 Å². The Morgan fingerprint density at radius 2 is 1.88 bits per heavy atom. The maximum absolute atomic E-state index is 13.0. The van der Waals surface area contributed by atoms with E-state index in [1.54, 1.807) is 25.4 Å². The lowest BCUT2D eigenvalue weighted by Gasteiger charge is -2.04. The van der Waals surface area contributed by atoms with Gasteiger partial charge in [0.25, 0.3) is 5.56 Å². The molecule has 0 spiro atoms. The van der Waals surface area contributed by atoms with Crippen molar-refractivity contribution >= 4 is 5.69 Å². The summed E-state index contributed by atoms with van der Waals surface area (Å²) in [6.45, 7) is 0. The van der Waals surface area contributed by atoms with Crippen LogP contribution in [-0.2, 0) is 7.05 Å². The van der Waals surface area contributed by atoms with Gasteiger partial charge in [0.1, 0.15) is 5.82 Å². The van der Waals surface area contributed by atoms with Gasteiger partial charge in [0, 0.05) is 19.3 Å². The average molecular weight is 218 g/mol. The molecule has 0 atom stereocenters. The van der Waals surface area contributed by atoms with Crippen LogP contribution in [0.2, 0.25) is 0 Å². The second-order valence-corrected chi connectivity index (χ2v) is 3.60. The molecule has 82 valence electrons. The van der Waals surface area contributed by atoms with Crippen molar-refractivity contribution in [2.75, 3.05) is 5.73 Å². The molecular weight excluding hydrogens is 207 g/mol. The number of hydrogen-bond acceptors (Lipinski definition) is 2. The molecule has 0 amide bonds. The Labute approximate surface area is 92.0 Å². The van der Waals surface area contributed by atoms with Crippen molar-refractivity contribution in [3.63, 3.8) is 0 Å². The van der Waals surface area contributed by atoms with E-state index in [1.165, 1.54) is 22.8 Å². The second kappa shape index (κ2) is 3.81. The third-order valence-electron chi connectivity index (χ3n) is 2.43. The van der Waals surface area contributed by atoms with Crippen LogP contribution in [0.3, 0.4) is 0 Å². The van der Waals surface area contributed by atoms with Crippen molar-refractivity contribution in [1.82, 2.24) is 4.57 Å². The summed E-state index contributed by atoms with van der Waals surface area (Å²) >= 11 is 0. The van der Waals surface area contributed by atoms with Gasteiger partial charge in [-0.2, -0.15) is 0 Å². The molecule has 0 saturated carbocycles. The Balaban J connectivity index is 2.55. The fraction of sp³-hybridized carbons (Fsp3) is 0.0833. The standard InChI is InChI=1S/C12H11FN2O/c1-15-5-4-9(7-12(15)16)8-2-3-10(13)11(14)6-8/h2-7H,14H2,1H3. The number of nitrogens with zero attached hydrogens (tertiary/aromatic N) is 1. The predicted octanol–water partition coefficient (Wildman–Crippen LogP) is 1.77. The molecule has 0 unspecified atom stereocenters. The summed E-state index contributed by atoms with van der Waals surface area (Å²) in [5.41, 5.74) is 6.90. The SMILES string of the molecule is Cn1ccc(-c2ccc(F)c(N)c2)cc1=O. The van der Waals surface area contributed by atoms with Crippen molar-refractivity contribution < 1.29 is 4.39 Å². The van der Waals surface area contributed by atoms with E-state index in [0.29, 0.717) is 0 Å². The number of pyridine rings is 1. The van der Waals surface area contributed by atoms with Crippen LogP contribution in [0.25, 0.3) is 11.1 Å². The van der Waals surface area contributed by atoms with E-state index in [2.05, 4.69) is 0 Å². The lowest BCUT2D eigenvalue weighted by Crippen LogP contribution is -2.14. The summed E-state index contributed by atoms with van der Waals surface area (Å²) in [5, 5.41) is 0. The molecule has 2 N–H and O–H groups in total. The molecule has 2 aromatic rings. The minimum absolute atomic E-state index is 0.0816. The third kappa shape index (κ3) is 1.82. The second-order valence-electron chi connectivity index (χ2n) is 3.60. The van der Waals surface area contributed by atoms with Gasteiger partial charge in [-0.3, -0.25) is 4.79 Å². The lowest BCUT2D eigenvalue weighted by atomic mass is 10.1. The lowest BCUT2D eigenvalue weighted by molar-refractivity contribution is 0.632. The highest BCUT2D eigenvalue weighted by Gasteiger charge is 2.03. The molecule has 0 fully saturated rings. The normalized spacial score (nSPS) is 10.4. The van der Waals surface area contributed by atoms with Gasteiger partial charge < -0.3 is 10.3 Å². The van der Waals surface area contributed by atoms with Gasteiger partial charge in [-0.15, -0.1) is 0 Å². The molecule has 4 heteroatoms. The Morgan fingerprint density at radius 3 is 2.50 bits per heavy atom. The summed E-state index contributed by atoms with van der Waals surface area (Å²) < 4.78 is 14.4. The largest absolute Gasteiger partial charge is 0.396 e. The Morgan fingerprint density at radius 1 is 1.19 bits per heavy atom. The van der Waals surface area contributed by atoms with E-state index in [9.17, 15) is 9.18 Å². The fourth-order valence-corrected chi connectivity index (χ4v) is 1.45. The van der Waals surface area contributed by atoms with E-state index < -0.39 is 5.82 Å². The predicted molar refractivity (Wildman–Crippen MR) is 61.5 cm³/mol. The summed E-state index contributed by atoms with van der Waals surface area (Å²) in [7, 11) is 1.67. The first-order chi connectivity index (χ1) is 7.58. The van der Waals surface area contributed by atoms with Gasteiger partial charge in [-0.25, -0.2) is 4.39 Å². The molecular formula is C12H11FN2O. The van der Waals surface area contributed by atoms with E-state index in [1.807, 2.05) is 0 Å². The number of nitrogens with two attached hydrogens (primary N) is 1. The number of hydrogen-bond donors (Lipinski definition) is 1. The third-order valence-corrected chi connectivity index (χ3v) is 2.43. The highest BCUT2D eigenvalue weighted by Crippen LogP contribution is 2.21. The van der Waals surface area contributed by atoms with Crippen LogP contribution in [0.15, 0.2) is 41.3 Å². The maximum atomic E-state index is 13.0. The molecule has 2 rings (SSSR count). The monoisotopic (exact) mass is 218 g/mol. The Hall–Kier alpha value is -2.10. The van der Waals surface area contributed by atoms with E-state index >= 15 is 0 Å². The van der Waals surface area contributed by atoms with Crippen LogP contribution >= 0.6 is 0 Å². The molecule has 0 bridgehead atoms. The Kier molecular flexibility index (Phi) is 2.48. The topological polar surface area (TPSA) is 48.0 Å². The molecule has 0 aliphatic carbocycles. The average Bonchev–Trinajstić information content (AvgIpc) is 2.26. The molecule has 0 aliphatic rings. The minimum Gasteiger partial charge on any atom is -0.396 e. The number of anilines is 1. The van der Waals surface area contributed by atoms with E-state index in [-0.39, 0.29) is 11.2 Å². The smallest absolute Gasteiger partial charge is 0.250 e. The maximum Gasteiger partial charge on any atom is 0.250 e. The summed E-state index contributed by atoms with van der Waals surface area (Å²) in [6.07, 6.45) is 1.66. The minimum atomic E-state index is -0.451. The number of halogens is 1. The first kappa shape index (κ1) is 10.4. The van der Waals surface area contributed by atoms with Gasteiger partial charge in [0.2, 0.25) is 0 Å². The van der Waals surface area contributed by atoms with E-state index in [0.717, 1.165) is 11.1 Å². The first-order valence-corrected chi connectivity index (χ1v) is 4.80. The zero-order valence-electron chi connectivity index (χ0n) is 8.77. The molecule has 0 radical (unpaired) electrons. The molecule has 1 aromatic heterocycles. The first-order valence-electron chi connectivity index (χ1n) is 4.80. The van der Waals surface area contributed by atoms with Crippen molar-refractivity contribution in [1.29, 1.82) is 0 Å². The van der Waals surface area contributed by atoms with Crippen LogP contribution in [-0.4, -0.2) is 4.57 Å². The van der Waals surface area contributed by atoms with Gasteiger partial charge in [-0.05, 0) is 29.3 Å². The number of aryl methyl sites for hydroxylation is 1. The number of benzene rings is 1. The molecule has 0 aliphatic heterocycles. The zero-order chi connectivity index (χ0) is 11.7. The Bertz CT molecular complexity index is 590. The quantitative estimate of drug-likeness (QED) is 0.741. The summed E-state index contributed by atoms with van der Waals surface area (Å²) in [5.74, 6) is -0.451. The van der Waals surface area contributed by atoms with Gasteiger partial charge in [0.15, 0.2) is 0 Å². The van der Waals surface area contributed by atoms with Crippen molar-refractivity contribution in [3.8, 4) is 11.1 Å². The fourth-order valence-electron chi connectivity index (χ4n) is 1.45. The molecule has 1 heterocycles. The highest BCUT2D eigenvalue weighted by atomic mass is 19.1. The van der Waals surface area contributed by atoms with Crippen LogP contribution in [0.4, 0.5) is 10.1 Å². The van der Waals surface area contributed by atoms with Gasteiger partial charge in [0.05, 0.1) is 5.69 Å². The van der Waals surface area contributed by atoms with Crippen molar-refractivity contribution in [2.45, 2.75) is 0 Å². The highest BCUT2D eigenvalue weighted by molar-refractivity contribution is 5.67. The van der Waals surface area contributed by atoms with Crippen LogP contribution in [0.5, 0.6) is 0 Å². The molecule has 0 saturated heterocycles. The van der Waals surface area contributed by atoms with Crippen LogP contribution < -0.4 is 11.3 Å². The number of rotatable bonds is 1. The molecule has 1 aromatic carbocycles. The zero-order valence-corrected chi connectivity index (χ0v) is 8.77. The van der Waals surface area contributed by atoms with Gasteiger partial charge >= 0.3 is 0 Å². The number of nitrogen functional groups attached to an aromatic ring is 1. The van der Waals surface area contributed by atoms with Crippen molar-refractivity contribution in [2.24, 2.45) is 7.05 Å². The summed E-state index contributed by atoms with van der Waals surface area (Å²) in [6, 6.07) is 7.69. The van der Waals surface area contributed by atoms with E-state index in [4.69, 9.17) is 5.73 Å².